The predicted octanol–water partition coefficient (Wildman–Crippen LogP) is 2.98. The highest BCUT2D eigenvalue weighted by atomic mass is 35.5. The van der Waals surface area contributed by atoms with E-state index in [9.17, 15) is 8.78 Å². The molecule has 0 amide bonds. The van der Waals surface area contributed by atoms with Crippen LogP contribution in [-0.4, -0.2) is 25.0 Å². The summed E-state index contributed by atoms with van der Waals surface area (Å²) in [6.45, 7) is 1.06. The van der Waals surface area contributed by atoms with Gasteiger partial charge in [-0.3, -0.25) is 0 Å². The summed E-state index contributed by atoms with van der Waals surface area (Å²) in [5.41, 5.74) is -0.912. The first-order chi connectivity index (χ1) is 7.01. The van der Waals surface area contributed by atoms with Gasteiger partial charge in [0, 0.05) is 13.1 Å². The quantitative estimate of drug-likeness (QED) is 0.718. The number of nitrogens with zero attached hydrogens (tertiary/aromatic N) is 1. The minimum atomic E-state index is -1.38. The van der Waals surface area contributed by atoms with Gasteiger partial charge in [-0.25, -0.2) is 8.78 Å². The van der Waals surface area contributed by atoms with Gasteiger partial charge in [-0.2, -0.15) is 0 Å². The molecule has 0 aliphatic carbocycles. The lowest BCUT2D eigenvalue weighted by atomic mass is 9.95. The largest absolute Gasteiger partial charge is 0.303 e. The first kappa shape index (κ1) is 10.8. The van der Waals surface area contributed by atoms with E-state index in [4.69, 9.17) is 11.6 Å². The van der Waals surface area contributed by atoms with Crippen LogP contribution >= 0.6 is 11.6 Å². The van der Waals surface area contributed by atoms with Gasteiger partial charge in [-0.05, 0) is 31.2 Å². The van der Waals surface area contributed by atoms with Gasteiger partial charge >= 0.3 is 0 Å². The maximum absolute atomic E-state index is 14.4. The summed E-state index contributed by atoms with van der Waals surface area (Å²) < 4.78 is 27.3. The zero-order chi connectivity index (χ0) is 11.1. The van der Waals surface area contributed by atoms with Gasteiger partial charge in [-0.1, -0.05) is 17.7 Å². The number of hydrogen-bond donors (Lipinski definition) is 0. The molecule has 1 aliphatic heterocycles. The third-order valence-electron chi connectivity index (χ3n) is 2.85. The highest BCUT2D eigenvalue weighted by molar-refractivity contribution is 6.30. The molecule has 2 rings (SSSR count). The molecule has 0 aromatic heterocycles. The molecule has 1 fully saturated rings. The summed E-state index contributed by atoms with van der Waals surface area (Å²) >= 11 is 5.64. The van der Waals surface area contributed by atoms with E-state index in [1.54, 1.807) is 0 Å². The summed E-state index contributed by atoms with van der Waals surface area (Å²) in [4.78, 5) is 1.91. The van der Waals surface area contributed by atoms with Crippen LogP contribution in [0.4, 0.5) is 8.78 Å². The summed E-state index contributed by atoms with van der Waals surface area (Å²) in [7, 11) is 1.87. The molecule has 1 aromatic rings. The normalized spacial score (nSPS) is 27.2. The van der Waals surface area contributed by atoms with Crippen molar-refractivity contribution in [1.82, 2.24) is 4.90 Å². The molecule has 0 bridgehead atoms. The number of hydrogen-bond acceptors (Lipinski definition) is 1. The number of rotatable bonds is 1. The van der Waals surface area contributed by atoms with Gasteiger partial charge in [0.1, 0.15) is 11.5 Å². The number of halogens is 3. The van der Waals surface area contributed by atoms with Gasteiger partial charge in [0.15, 0.2) is 0 Å². The standard InChI is InChI=1S/C11H12ClF2N/c1-15-5-4-11(14,7-15)8-2-3-10(13)9(12)6-8/h2-3,6H,4-5,7H2,1H3. The number of likely N-dealkylation sites (tertiary alicyclic amines) is 1. The Morgan fingerprint density at radius 3 is 2.73 bits per heavy atom. The van der Waals surface area contributed by atoms with Crippen molar-refractivity contribution in [1.29, 1.82) is 0 Å². The summed E-state index contributed by atoms with van der Waals surface area (Å²) in [6.07, 6.45) is 0.436. The van der Waals surface area contributed by atoms with Crippen molar-refractivity contribution in [3.63, 3.8) is 0 Å². The van der Waals surface area contributed by atoms with E-state index in [0.717, 1.165) is 0 Å². The molecule has 1 nitrogen and oxygen atoms in total. The predicted molar refractivity (Wildman–Crippen MR) is 56.3 cm³/mol. The lowest BCUT2D eigenvalue weighted by molar-refractivity contribution is 0.174. The van der Waals surface area contributed by atoms with Gasteiger partial charge in [-0.15, -0.1) is 0 Å². The lowest BCUT2D eigenvalue weighted by Gasteiger charge is -2.20. The fourth-order valence-corrected chi connectivity index (χ4v) is 2.15. The van der Waals surface area contributed by atoms with Crippen LogP contribution in [0.3, 0.4) is 0 Å². The van der Waals surface area contributed by atoms with E-state index in [1.807, 2.05) is 11.9 Å². The Bertz CT molecular complexity index is 383. The molecular weight excluding hydrogens is 220 g/mol. The molecule has 1 aromatic carbocycles. The van der Waals surface area contributed by atoms with Crippen molar-refractivity contribution in [3.05, 3.63) is 34.6 Å². The zero-order valence-electron chi connectivity index (χ0n) is 8.43. The van der Waals surface area contributed by atoms with Crippen LogP contribution in [0.25, 0.3) is 0 Å². The molecule has 0 spiro atoms. The second kappa shape index (κ2) is 3.72. The minimum absolute atomic E-state index is 0.0147. The molecule has 0 N–H and O–H groups in total. The number of likely N-dealkylation sites (N-methyl/N-ethyl adjacent to an activating group) is 1. The average molecular weight is 232 g/mol. The van der Waals surface area contributed by atoms with Gasteiger partial charge < -0.3 is 4.90 Å². The van der Waals surface area contributed by atoms with E-state index in [2.05, 4.69) is 0 Å². The molecular formula is C11H12ClF2N. The van der Waals surface area contributed by atoms with Crippen molar-refractivity contribution in [2.24, 2.45) is 0 Å². The smallest absolute Gasteiger partial charge is 0.149 e. The summed E-state index contributed by atoms with van der Waals surface area (Å²) in [6, 6.07) is 4.08. The van der Waals surface area contributed by atoms with Crippen LogP contribution in [-0.2, 0) is 5.67 Å². The van der Waals surface area contributed by atoms with Crippen LogP contribution in [0.2, 0.25) is 5.02 Å². The van der Waals surface area contributed by atoms with Gasteiger partial charge in [0.2, 0.25) is 0 Å². The van der Waals surface area contributed by atoms with Gasteiger partial charge in [0.05, 0.1) is 5.02 Å². The van der Waals surface area contributed by atoms with E-state index in [-0.39, 0.29) is 5.02 Å². The van der Waals surface area contributed by atoms with E-state index in [0.29, 0.717) is 25.1 Å². The number of benzene rings is 1. The van der Waals surface area contributed by atoms with Crippen molar-refractivity contribution < 1.29 is 8.78 Å². The van der Waals surface area contributed by atoms with E-state index >= 15 is 0 Å². The molecule has 4 heteroatoms. The Hall–Kier alpha value is -0.670. The highest BCUT2D eigenvalue weighted by Crippen LogP contribution is 2.36. The topological polar surface area (TPSA) is 3.24 Å². The van der Waals surface area contributed by atoms with Gasteiger partial charge in [0.25, 0.3) is 0 Å². The van der Waals surface area contributed by atoms with Crippen molar-refractivity contribution in [3.8, 4) is 0 Å². The fourth-order valence-electron chi connectivity index (χ4n) is 1.96. The van der Waals surface area contributed by atoms with Crippen LogP contribution in [0.15, 0.2) is 18.2 Å². The fraction of sp³-hybridized carbons (Fsp3) is 0.455. The molecule has 1 heterocycles. The SMILES string of the molecule is CN1CCC(F)(c2ccc(F)c(Cl)c2)C1. The minimum Gasteiger partial charge on any atom is -0.303 e. The van der Waals surface area contributed by atoms with Crippen LogP contribution in [0.5, 0.6) is 0 Å². The Labute approximate surface area is 92.6 Å². The van der Waals surface area contributed by atoms with E-state index in [1.165, 1.54) is 18.2 Å². The second-order valence-corrected chi connectivity index (χ2v) is 4.49. The third kappa shape index (κ3) is 1.99. The van der Waals surface area contributed by atoms with Crippen molar-refractivity contribution in [2.45, 2.75) is 12.1 Å². The van der Waals surface area contributed by atoms with Crippen LogP contribution in [0, 0.1) is 5.82 Å². The molecule has 1 atom stereocenters. The molecule has 15 heavy (non-hydrogen) atoms. The third-order valence-corrected chi connectivity index (χ3v) is 3.14. The monoisotopic (exact) mass is 231 g/mol. The lowest BCUT2D eigenvalue weighted by Crippen LogP contribution is -2.24. The first-order valence-electron chi connectivity index (χ1n) is 4.84. The van der Waals surface area contributed by atoms with Crippen molar-refractivity contribution in [2.75, 3.05) is 20.1 Å². The Balaban J connectivity index is 2.33. The molecule has 0 saturated carbocycles. The Morgan fingerprint density at radius 2 is 2.20 bits per heavy atom. The van der Waals surface area contributed by atoms with E-state index < -0.39 is 11.5 Å². The average Bonchev–Trinajstić information content (AvgIpc) is 2.52. The van der Waals surface area contributed by atoms with Crippen molar-refractivity contribution >= 4 is 11.6 Å². The van der Waals surface area contributed by atoms with Crippen LogP contribution < -0.4 is 0 Å². The first-order valence-corrected chi connectivity index (χ1v) is 5.22. The van der Waals surface area contributed by atoms with Crippen LogP contribution in [0.1, 0.15) is 12.0 Å². The Morgan fingerprint density at radius 1 is 1.47 bits per heavy atom. The molecule has 0 radical (unpaired) electrons. The highest BCUT2D eigenvalue weighted by Gasteiger charge is 2.38. The Kier molecular flexibility index (Phi) is 2.69. The molecule has 1 saturated heterocycles. The molecule has 82 valence electrons. The maximum Gasteiger partial charge on any atom is 0.149 e. The molecule has 1 aliphatic rings. The maximum atomic E-state index is 14.4. The summed E-state index contributed by atoms with van der Waals surface area (Å²) in [5.74, 6) is -0.504. The summed E-state index contributed by atoms with van der Waals surface area (Å²) in [5, 5.41) is -0.0147. The zero-order valence-corrected chi connectivity index (χ0v) is 9.19. The number of alkyl halides is 1. The second-order valence-electron chi connectivity index (χ2n) is 4.08. The molecule has 1 unspecified atom stereocenters.